The summed E-state index contributed by atoms with van der Waals surface area (Å²) in [5.41, 5.74) is 0.977. The smallest absolute Gasteiger partial charge is 0.246 e. The van der Waals surface area contributed by atoms with Crippen molar-refractivity contribution in [2.24, 2.45) is 9.98 Å². The summed E-state index contributed by atoms with van der Waals surface area (Å²) in [7, 11) is -3.56. The molecular formula is C19H18F2N6O3S. The fourth-order valence-electron chi connectivity index (χ4n) is 3.35. The molecule has 0 spiro atoms. The predicted molar refractivity (Wildman–Crippen MR) is 110 cm³/mol. The van der Waals surface area contributed by atoms with Crippen LogP contribution in [0.4, 0.5) is 14.5 Å². The molecule has 0 radical (unpaired) electrons. The molecular weight excluding hydrogens is 430 g/mol. The maximum Gasteiger partial charge on any atom is 0.246 e. The molecule has 1 amide bonds. The van der Waals surface area contributed by atoms with E-state index in [-0.39, 0.29) is 29.2 Å². The molecule has 3 heterocycles. The van der Waals surface area contributed by atoms with Gasteiger partial charge in [0.25, 0.3) is 0 Å². The second-order valence-corrected chi connectivity index (χ2v) is 9.10. The van der Waals surface area contributed by atoms with E-state index in [0.29, 0.717) is 17.8 Å². The van der Waals surface area contributed by atoms with Gasteiger partial charge in [0.1, 0.15) is 6.54 Å². The molecule has 1 aromatic heterocycles. The van der Waals surface area contributed by atoms with Crippen LogP contribution in [0.25, 0.3) is 0 Å². The van der Waals surface area contributed by atoms with Crippen LogP contribution >= 0.6 is 0 Å². The number of nitrogens with one attached hydrogen (secondary N) is 1. The van der Waals surface area contributed by atoms with Crippen molar-refractivity contribution in [3.05, 3.63) is 59.7 Å². The van der Waals surface area contributed by atoms with E-state index in [4.69, 9.17) is 0 Å². The fraction of sp³-hybridized carbons (Fsp3) is 0.263. The van der Waals surface area contributed by atoms with Gasteiger partial charge in [-0.3, -0.25) is 14.5 Å². The van der Waals surface area contributed by atoms with Crippen LogP contribution in [0.15, 0.2) is 52.5 Å². The molecule has 1 unspecified atom stereocenters. The number of aromatic nitrogens is 2. The van der Waals surface area contributed by atoms with E-state index in [2.05, 4.69) is 20.4 Å². The minimum atomic E-state index is -3.56. The van der Waals surface area contributed by atoms with Gasteiger partial charge in [0, 0.05) is 24.2 Å². The molecule has 1 N–H and O–H groups in total. The number of hydrogen-bond acceptors (Lipinski definition) is 7. The number of rotatable bonds is 4. The summed E-state index contributed by atoms with van der Waals surface area (Å²) in [6.07, 6.45) is 5.96. The van der Waals surface area contributed by atoms with Crippen molar-refractivity contribution in [2.45, 2.75) is 19.5 Å². The van der Waals surface area contributed by atoms with Gasteiger partial charge in [-0.05, 0) is 19.1 Å². The molecule has 0 saturated carbocycles. The lowest BCUT2D eigenvalue weighted by Crippen LogP contribution is -2.37. The van der Waals surface area contributed by atoms with E-state index in [1.165, 1.54) is 16.8 Å². The van der Waals surface area contributed by atoms with Gasteiger partial charge in [0.2, 0.25) is 5.91 Å². The molecule has 1 aromatic carbocycles. The van der Waals surface area contributed by atoms with E-state index >= 15 is 0 Å². The molecule has 31 heavy (non-hydrogen) atoms. The summed E-state index contributed by atoms with van der Waals surface area (Å²) < 4.78 is 52.5. The van der Waals surface area contributed by atoms with Crippen molar-refractivity contribution < 1.29 is 22.0 Å². The highest BCUT2D eigenvalue weighted by atomic mass is 32.2. The molecule has 2 aromatic rings. The zero-order chi connectivity index (χ0) is 22.3. The molecule has 4 rings (SSSR count). The molecule has 0 saturated heterocycles. The number of hydrogen-bond donors (Lipinski definition) is 1. The SMILES string of the molecule is CC1=CN2C(=NCC2c2cnn(CC(=O)Nc3cccc(F)c3F)c2)C(S(C)(=O)=O)=N1. The molecule has 2 aliphatic rings. The van der Waals surface area contributed by atoms with Crippen molar-refractivity contribution in [2.75, 3.05) is 18.1 Å². The minimum Gasteiger partial charge on any atom is -0.322 e. The molecule has 0 aliphatic carbocycles. The van der Waals surface area contributed by atoms with Gasteiger partial charge >= 0.3 is 0 Å². The highest BCUT2D eigenvalue weighted by Crippen LogP contribution is 2.31. The largest absolute Gasteiger partial charge is 0.322 e. The summed E-state index contributed by atoms with van der Waals surface area (Å²) in [6.45, 7) is 1.76. The summed E-state index contributed by atoms with van der Waals surface area (Å²) in [5.74, 6) is -2.51. The van der Waals surface area contributed by atoms with Gasteiger partial charge in [0.05, 0.1) is 30.2 Å². The van der Waals surface area contributed by atoms with Crippen LogP contribution in [0.3, 0.4) is 0 Å². The summed E-state index contributed by atoms with van der Waals surface area (Å²) >= 11 is 0. The Balaban J connectivity index is 1.48. The summed E-state index contributed by atoms with van der Waals surface area (Å²) in [6, 6.07) is 3.20. The number of amidine groups is 1. The second kappa shape index (κ2) is 7.69. The second-order valence-electron chi connectivity index (χ2n) is 7.17. The average Bonchev–Trinajstić information content (AvgIpc) is 3.30. The van der Waals surface area contributed by atoms with Crippen LogP contribution in [-0.4, -0.2) is 52.7 Å². The van der Waals surface area contributed by atoms with E-state index < -0.39 is 27.4 Å². The first-order valence-electron chi connectivity index (χ1n) is 9.20. The first-order valence-corrected chi connectivity index (χ1v) is 11.1. The van der Waals surface area contributed by atoms with E-state index in [1.807, 2.05) is 0 Å². The van der Waals surface area contributed by atoms with Crippen LogP contribution in [0.5, 0.6) is 0 Å². The lowest BCUT2D eigenvalue weighted by atomic mass is 10.1. The number of fused-ring (bicyclic) bond motifs is 1. The third kappa shape index (κ3) is 4.10. The summed E-state index contributed by atoms with van der Waals surface area (Å²) in [4.78, 5) is 22.4. The van der Waals surface area contributed by atoms with Crippen LogP contribution < -0.4 is 5.32 Å². The maximum absolute atomic E-state index is 13.7. The van der Waals surface area contributed by atoms with Crippen molar-refractivity contribution in [1.29, 1.82) is 0 Å². The topological polar surface area (TPSA) is 109 Å². The Morgan fingerprint density at radius 1 is 1.32 bits per heavy atom. The molecule has 0 fully saturated rings. The number of anilines is 1. The zero-order valence-electron chi connectivity index (χ0n) is 16.6. The van der Waals surface area contributed by atoms with Crippen LogP contribution in [0, 0.1) is 11.6 Å². The molecule has 1 atom stereocenters. The lowest BCUT2D eigenvalue weighted by molar-refractivity contribution is -0.116. The van der Waals surface area contributed by atoms with Crippen LogP contribution in [0.2, 0.25) is 0 Å². The Morgan fingerprint density at radius 2 is 2.10 bits per heavy atom. The number of carbonyl (C=O) groups is 1. The van der Waals surface area contributed by atoms with Gasteiger partial charge in [-0.2, -0.15) is 5.10 Å². The number of nitrogens with zero attached hydrogens (tertiary/aromatic N) is 5. The first kappa shape index (κ1) is 20.8. The minimum absolute atomic E-state index is 0.0844. The van der Waals surface area contributed by atoms with Crippen LogP contribution in [-0.2, 0) is 21.2 Å². The van der Waals surface area contributed by atoms with Gasteiger partial charge in [-0.1, -0.05) is 6.07 Å². The third-order valence-corrected chi connectivity index (χ3v) is 5.69. The monoisotopic (exact) mass is 448 g/mol. The standard InChI is InChI=1S/C19H18F2N6O3S/c1-11-8-27-15(7-22-18(27)19(24-11)31(2,29)30)12-6-23-26(9-12)10-16(28)25-14-5-3-4-13(20)17(14)21/h3-6,8-9,15H,7,10H2,1-2H3,(H,25,28). The predicted octanol–water partition coefficient (Wildman–Crippen LogP) is 1.87. The highest BCUT2D eigenvalue weighted by molar-refractivity contribution is 8.07. The lowest BCUT2D eigenvalue weighted by Gasteiger charge is -2.26. The molecule has 162 valence electrons. The quantitative estimate of drug-likeness (QED) is 0.768. The number of carbonyl (C=O) groups excluding carboxylic acids is 1. The van der Waals surface area contributed by atoms with E-state index in [1.54, 1.807) is 30.4 Å². The van der Waals surface area contributed by atoms with Crippen molar-refractivity contribution >= 4 is 32.3 Å². The normalized spacial score (nSPS) is 18.3. The molecule has 12 heteroatoms. The Kier molecular flexibility index (Phi) is 5.17. The Morgan fingerprint density at radius 3 is 2.84 bits per heavy atom. The number of benzene rings is 1. The third-order valence-electron chi connectivity index (χ3n) is 4.71. The molecule has 9 nitrogen and oxygen atoms in total. The van der Waals surface area contributed by atoms with Gasteiger partial charge in [0.15, 0.2) is 32.4 Å². The van der Waals surface area contributed by atoms with Gasteiger partial charge in [-0.15, -0.1) is 0 Å². The van der Waals surface area contributed by atoms with Crippen molar-refractivity contribution in [3.63, 3.8) is 0 Å². The van der Waals surface area contributed by atoms with Crippen LogP contribution in [0.1, 0.15) is 18.5 Å². The van der Waals surface area contributed by atoms with Crippen molar-refractivity contribution in [3.8, 4) is 0 Å². The number of aliphatic imine (C=N–C) groups is 2. The van der Waals surface area contributed by atoms with Gasteiger partial charge < -0.3 is 10.2 Å². The molecule has 2 aliphatic heterocycles. The first-order chi connectivity index (χ1) is 14.6. The van der Waals surface area contributed by atoms with E-state index in [9.17, 15) is 22.0 Å². The number of amides is 1. The summed E-state index contributed by atoms with van der Waals surface area (Å²) in [5, 5.41) is 6.38. The zero-order valence-corrected chi connectivity index (χ0v) is 17.4. The number of sulfone groups is 1. The van der Waals surface area contributed by atoms with Crippen molar-refractivity contribution in [1.82, 2.24) is 14.7 Å². The maximum atomic E-state index is 13.7. The Labute approximate surface area is 176 Å². The van der Waals surface area contributed by atoms with E-state index in [0.717, 1.165) is 12.3 Å². The number of halogens is 2. The fourth-order valence-corrected chi connectivity index (χ4v) is 4.16. The Bertz CT molecular complexity index is 1270. The number of allylic oxidation sites excluding steroid dienone is 1. The molecule has 0 bridgehead atoms. The average molecular weight is 448 g/mol. The van der Waals surface area contributed by atoms with Gasteiger partial charge in [-0.25, -0.2) is 22.2 Å². The highest BCUT2D eigenvalue weighted by Gasteiger charge is 2.37. The Hall–Kier alpha value is -3.41.